The molecular formula is C15H18Cl2N2O4S. The normalized spacial score (nSPS) is 11.5. The zero-order valence-corrected chi connectivity index (χ0v) is 15.6. The maximum Gasteiger partial charge on any atom is 0.328 e. The standard InChI is InChI=1S/C15H18Cl2N2O4S/c1-23-15(22)12(5-6-24-2)19-13(20)8-18-14(21)10-4-3-9(16)7-11(10)17/h3-4,7,12H,5-6,8H2,1-2H3,(H,18,21)(H,19,20)/t12-/m0/s1. The van der Waals surface area contributed by atoms with Crippen molar-refractivity contribution in [3.05, 3.63) is 33.8 Å². The maximum absolute atomic E-state index is 12.0. The van der Waals surface area contributed by atoms with Crippen LogP contribution >= 0.6 is 35.0 Å². The molecule has 1 rings (SSSR count). The second-order valence-corrected chi connectivity index (χ2v) is 6.56. The minimum atomic E-state index is -0.744. The third-order valence-electron chi connectivity index (χ3n) is 3.02. The van der Waals surface area contributed by atoms with E-state index in [1.54, 1.807) is 11.8 Å². The first-order valence-electron chi connectivity index (χ1n) is 6.98. The Balaban J connectivity index is 2.57. The number of esters is 1. The van der Waals surface area contributed by atoms with E-state index in [9.17, 15) is 14.4 Å². The molecule has 0 aliphatic heterocycles. The number of nitrogens with one attached hydrogen (secondary N) is 2. The van der Waals surface area contributed by atoms with Crippen LogP contribution in [0.1, 0.15) is 16.8 Å². The van der Waals surface area contributed by atoms with E-state index in [0.717, 1.165) is 0 Å². The maximum atomic E-state index is 12.0. The summed E-state index contributed by atoms with van der Waals surface area (Å²) < 4.78 is 4.65. The van der Waals surface area contributed by atoms with Gasteiger partial charge >= 0.3 is 5.97 Å². The highest BCUT2D eigenvalue weighted by Gasteiger charge is 2.21. The van der Waals surface area contributed by atoms with Gasteiger partial charge in [0.15, 0.2) is 0 Å². The number of hydrogen-bond donors (Lipinski definition) is 2. The molecule has 2 amide bonds. The SMILES string of the molecule is COC(=O)[C@H](CCSC)NC(=O)CNC(=O)c1ccc(Cl)cc1Cl. The summed E-state index contributed by atoms with van der Waals surface area (Å²) in [4.78, 5) is 35.6. The van der Waals surface area contributed by atoms with Crippen LogP contribution in [0.3, 0.4) is 0 Å². The Labute approximate surface area is 154 Å². The van der Waals surface area contributed by atoms with Crippen LogP contribution in [0.15, 0.2) is 18.2 Å². The predicted molar refractivity (Wildman–Crippen MR) is 95.7 cm³/mol. The molecule has 0 spiro atoms. The molecule has 1 aromatic carbocycles. The van der Waals surface area contributed by atoms with E-state index in [-0.39, 0.29) is 17.1 Å². The molecule has 0 radical (unpaired) electrons. The molecular weight excluding hydrogens is 375 g/mol. The van der Waals surface area contributed by atoms with Crippen molar-refractivity contribution in [1.29, 1.82) is 0 Å². The average molecular weight is 393 g/mol. The largest absolute Gasteiger partial charge is 0.467 e. The quantitative estimate of drug-likeness (QED) is 0.661. The first kappa shape index (κ1) is 20.6. The summed E-state index contributed by atoms with van der Waals surface area (Å²) in [6.07, 6.45) is 2.34. The number of ether oxygens (including phenoxy) is 1. The van der Waals surface area contributed by atoms with Gasteiger partial charge in [-0.15, -0.1) is 0 Å². The van der Waals surface area contributed by atoms with Crippen LogP contribution in [0.5, 0.6) is 0 Å². The number of methoxy groups -OCH3 is 1. The van der Waals surface area contributed by atoms with Crippen LogP contribution in [0.2, 0.25) is 10.0 Å². The fraction of sp³-hybridized carbons (Fsp3) is 0.400. The van der Waals surface area contributed by atoms with E-state index in [2.05, 4.69) is 15.4 Å². The van der Waals surface area contributed by atoms with E-state index in [0.29, 0.717) is 17.2 Å². The topological polar surface area (TPSA) is 84.5 Å². The molecule has 6 nitrogen and oxygen atoms in total. The van der Waals surface area contributed by atoms with E-state index < -0.39 is 23.8 Å². The Morgan fingerprint density at radius 3 is 2.58 bits per heavy atom. The van der Waals surface area contributed by atoms with Gasteiger partial charge in [0.05, 0.1) is 24.2 Å². The van der Waals surface area contributed by atoms with E-state index in [4.69, 9.17) is 23.2 Å². The fourth-order valence-electron chi connectivity index (χ4n) is 1.80. The molecule has 1 atom stereocenters. The van der Waals surface area contributed by atoms with Crippen LogP contribution < -0.4 is 10.6 Å². The van der Waals surface area contributed by atoms with E-state index >= 15 is 0 Å². The number of thioether (sulfide) groups is 1. The summed E-state index contributed by atoms with van der Waals surface area (Å²) in [5.74, 6) is -0.841. The number of carbonyl (C=O) groups is 3. The van der Waals surface area contributed by atoms with Crippen molar-refractivity contribution in [3.63, 3.8) is 0 Å². The second kappa shape index (κ2) is 10.4. The molecule has 9 heteroatoms. The average Bonchev–Trinajstić information content (AvgIpc) is 2.55. The lowest BCUT2D eigenvalue weighted by molar-refractivity contribution is -0.145. The van der Waals surface area contributed by atoms with Gasteiger partial charge in [-0.05, 0) is 36.6 Å². The van der Waals surface area contributed by atoms with Crippen molar-refractivity contribution in [2.24, 2.45) is 0 Å². The lowest BCUT2D eigenvalue weighted by Gasteiger charge is -2.16. The molecule has 0 heterocycles. The van der Waals surface area contributed by atoms with Gasteiger partial charge in [0.25, 0.3) is 5.91 Å². The lowest BCUT2D eigenvalue weighted by atomic mass is 10.2. The van der Waals surface area contributed by atoms with Crippen molar-refractivity contribution >= 4 is 52.7 Å². The Bertz CT molecular complexity index is 613. The Kier molecular flexibility index (Phi) is 8.95. The molecule has 0 unspecified atom stereocenters. The molecule has 132 valence electrons. The molecule has 0 bridgehead atoms. The highest BCUT2D eigenvalue weighted by molar-refractivity contribution is 7.98. The monoisotopic (exact) mass is 392 g/mol. The van der Waals surface area contributed by atoms with Crippen molar-refractivity contribution in [3.8, 4) is 0 Å². The van der Waals surface area contributed by atoms with Gasteiger partial charge in [0.1, 0.15) is 6.04 Å². The number of halogens is 2. The Morgan fingerprint density at radius 1 is 1.29 bits per heavy atom. The van der Waals surface area contributed by atoms with Crippen molar-refractivity contribution in [2.75, 3.05) is 25.7 Å². The highest BCUT2D eigenvalue weighted by Crippen LogP contribution is 2.20. The molecule has 0 aromatic heterocycles. The Morgan fingerprint density at radius 2 is 2.00 bits per heavy atom. The van der Waals surface area contributed by atoms with Crippen LogP contribution in [-0.2, 0) is 14.3 Å². The summed E-state index contributed by atoms with van der Waals surface area (Å²) in [5.41, 5.74) is 0.209. The highest BCUT2D eigenvalue weighted by atomic mass is 35.5. The van der Waals surface area contributed by atoms with Crippen LogP contribution in [0.4, 0.5) is 0 Å². The summed E-state index contributed by atoms with van der Waals surface area (Å²) in [6.45, 7) is -0.287. The van der Waals surface area contributed by atoms with Crippen molar-refractivity contribution < 1.29 is 19.1 Å². The molecule has 0 saturated carbocycles. The van der Waals surface area contributed by atoms with Gasteiger partial charge in [-0.2, -0.15) is 11.8 Å². The van der Waals surface area contributed by atoms with Gasteiger partial charge in [-0.3, -0.25) is 9.59 Å². The number of rotatable bonds is 8. The molecule has 1 aromatic rings. The summed E-state index contributed by atoms with van der Waals surface area (Å²) >= 11 is 13.2. The van der Waals surface area contributed by atoms with Crippen LogP contribution in [0.25, 0.3) is 0 Å². The number of benzene rings is 1. The molecule has 0 fully saturated rings. The third-order valence-corrected chi connectivity index (χ3v) is 4.21. The van der Waals surface area contributed by atoms with Gasteiger partial charge in [0.2, 0.25) is 5.91 Å². The number of amides is 2. The second-order valence-electron chi connectivity index (χ2n) is 4.73. The van der Waals surface area contributed by atoms with E-state index in [1.165, 1.54) is 25.3 Å². The molecule has 0 aliphatic rings. The van der Waals surface area contributed by atoms with Gasteiger partial charge in [-0.25, -0.2) is 4.79 Å². The molecule has 0 aliphatic carbocycles. The number of hydrogen-bond acceptors (Lipinski definition) is 5. The fourth-order valence-corrected chi connectivity index (χ4v) is 2.77. The zero-order chi connectivity index (χ0) is 18.1. The predicted octanol–water partition coefficient (Wildman–Crippen LogP) is 2.13. The third kappa shape index (κ3) is 6.59. The molecule has 2 N–H and O–H groups in total. The van der Waals surface area contributed by atoms with Gasteiger partial charge in [-0.1, -0.05) is 23.2 Å². The van der Waals surface area contributed by atoms with Gasteiger partial charge in [0, 0.05) is 5.02 Å². The van der Waals surface area contributed by atoms with Crippen molar-refractivity contribution in [1.82, 2.24) is 10.6 Å². The Hall–Kier alpha value is -1.44. The van der Waals surface area contributed by atoms with E-state index in [1.807, 2.05) is 6.26 Å². The minimum Gasteiger partial charge on any atom is -0.467 e. The van der Waals surface area contributed by atoms with Crippen LogP contribution in [0, 0.1) is 0 Å². The first-order valence-corrected chi connectivity index (χ1v) is 9.13. The summed E-state index contributed by atoms with van der Waals surface area (Å²) in [7, 11) is 1.25. The minimum absolute atomic E-state index is 0.188. The molecule has 24 heavy (non-hydrogen) atoms. The molecule has 0 saturated heterocycles. The number of carbonyl (C=O) groups excluding carboxylic acids is 3. The van der Waals surface area contributed by atoms with Crippen LogP contribution in [-0.4, -0.2) is 49.5 Å². The summed E-state index contributed by atoms with van der Waals surface area (Å²) in [6, 6.07) is 3.69. The van der Waals surface area contributed by atoms with Gasteiger partial charge < -0.3 is 15.4 Å². The lowest BCUT2D eigenvalue weighted by Crippen LogP contribution is -2.46. The first-order chi connectivity index (χ1) is 11.4. The smallest absolute Gasteiger partial charge is 0.328 e. The summed E-state index contributed by atoms with van der Waals surface area (Å²) in [5, 5.41) is 5.57. The van der Waals surface area contributed by atoms with Crippen molar-refractivity contribution in [2.45, 2.75) is 12.5 Å². The zero-order valence-electron chi connectivity index (χ0n) is 13.2.